The predicted molar refractivity (Wildman–Crippen MR) is 83.5 cm³/mol. The molecule has 1 aromatic heterocycles. The zero-order chi connectivity index (χ0) is 15.6. The normalized spacial score (nSPS) is 17.5. The molecule has 1 fully saturated rings. The third kappa shape index (κ3) is 3.20. The molecule has 0 spiro atoms. The molecule has 22 heavy (non-hydrogen) atoms. The molecule has 0 amide bonds. The van der Waals surface area contributed by atoms with E-state index in [0.717, 1.165) is 5.69 Å². The van der Waals surface area contributed by atoms with Crippen molar-refractivity contribution in [2.45, 2.75) is 25.0 Å². The summed E-state index contributed by atoms with van der Waals surface area (Å²) in [7, 11) is 0. The summed E-state index contributed by atoms with van der Waals surface area (Å²) < 4.78 is 14.5. The second kappa shape index (κ2) is 5.93. The Kier molecular flexibility index (Phi) is 3.98. The van der Waals surface area contributed by atoms with Gasteiger partial charge in [-0.15, -0.1) is 0 Å². The number of anilines is 1. The molecule has 0 aliphatic carbocycles. The monoisotopic (exact) mass is 302 g/mol. The smallest absolute Gasteiger partial charge is 0.250 e. The zero-order valence-corrected chi connectivity index (χ0v) is 12.3. The van der Waals surface area contributed by atoms with Crippen molar-refractivity contribution in [2.75, 3.05) is 18.0 Å². The van der Waals surface area contributed by atoms with Gasteiger partial charge in [-0.25, -0.2) is 4.39 Å². The standard InChI is InChI=1S/C17H19FN2O2/c18-14-4-6-15(7-5-14)19-11-8-17(22,9-12-19)13-20-10-2-1-3-16(20)21/h1-7,10,22H,8-9,11-13H2. The Morgan fingerprint density at radius 1 is 1.09 bits per heavy atom. The summed E-state index contributed by atoms with van der Waals surface area (Å²) >= 11 is 0. The lowest BCUT2D eigenvalue weighted by Crippen LogP contribution is -2.48. The first-order valence-corrected chi connectivity index (χ1v) is 7.44. The number of hydrogen-bond donors (Lipinski definition) is 1. The van der Waals surface area contributed by atoms with Crippen LogP contribution in [0, 0.1) is 5.82 Å². The molecule has 2 heterocycles. The first kappa shape index (κ1) is 14.8. The van der Waals surface area contributed by atoms with E-state index in [0.29, 0.717) is 32.5 Å². The number of piperidine rings is 1. The Bertz CT molecular complexity index is 688. The highest BCUT2D eigenvalue weighted by Crippen LogP contribution is 2.27. The summed E-state index contributed by atoms with van der Waals surface area (Å²) in [6.07, 6.45) is 2.85. The molecule has 1 aliphatic heterocycles. The van der Waals surface area contributed by atoms with Crippen molar-refractivity contribution in [1.29, 1.82) is 0 Å². The summed E-state index contributed by atoms with van der Waals surface area (Å²) in [5, 5.41) is 10.7. The lowest BCUT2D eigenvalue weighted by Gasteiger charge is -2.39. The predicted octanol–water partition coefficient (Wildman–Crippen LogP) is 2.02. The van der Waals surface area contributed by atoms with Crippen LogP contribution in [0.3, 0.4) is 0 Å². The molecule has 116 valence electrons. The van der Waals surface area contributed by atoms with Crippen molar-refractivity contribution in [3.05, 3.63) is 64.8 Å². The summed E-state index contributed by atoms with van der Waals surface area (Å²) in [4.78, 5) is 13.9. The number of hydrogen-bond acceptors (Lipinski definition) is 3. The van der Waals surface area contributed by atoms with Crippen LogP contribution in [0.25, 0.3) is 0 Å². The Balaban J connectivity index is 1.66. The highest BCUT2D eigenvalue weighted by Gasteiger charge is 2.32. The number of nitrogens with zero attached hydrogens (tertiary/aromatic N) is 2. The summed E-state index contributed by atoms with van der Waals surface area (Å²) in [6, 6.07) is 11.4. The molecule has 0 radical (unpaired) electrons. The van der Waals surface area contributed by atoms with E-state index < -0.39 is 5.60 Å². The van der Waals surface area contributed by atoms with Crippen LogP contribution in [0.1, 0.15) is 12.8 Å². The molecular formula is C17H19FN2O2. The molecule has 1 saturated heterocycles. The van der Waals surface area contributed by atoms with Crippen molar-refractivity contribution in [3.8, 4) is 0 Å². The van der Waals surface area contributed by atoms with Gasteiger partial charge in [0.25, 0.3) is 5.56 Å². The molecule has 0 atom stereocenters. The molecule has 1 aromatic carbocycles. The third-order valence-electron chi connectivity index (χ3n) is 4.25. The van der Waals surface area contributed by atoms with E-state index >= 15 is 0 Å². The molecule has 0 saturated carbocycles. The van der Waals surface area contributed by atoms with Gasteiger partial charge in [-0.2, -0.15) is 0 Å². The minimum Gasteiger partial charge on any atom is -0.388 e. The number of aromatic nitrogens is 1. The van der Waals surface area contributed by atoms with Gasteiger partial charge in [0.05, 0.1) is 12.1 Å². The number of halogens is 1. The van der Waals surface area contributed by atoms with Gasteiger partial charge < -0.3 is 14.6 Å². The summed E-state index contributed by atoms with van der Waals surface area (Å²) in [5.41, 5.74) is -0.0148. The van der Waals surface area contributed by atoms with Crippen molar-refractivity contribution >= 4 is 5.69 Å². The quantitative estimate of drug-likeness (QED) is 0.943. The largest absolute Gasteiger partial charge is 0.388 e. The van der Waals surface area contributed by atoms with Crippen LogP contribution in [0.4, 0.5) is 10.1 Å². The Morgan fingerprint density at radius 2 is 1.77 bits per heavy atom. The van der Waals surface area contributed by atoms with Crippen molar-refractivity contribution < 1.29 is 9.50 Å². The highest BCUT2D eigenvalue weighted by atomic mass is 19.1. The molecule has 0 bridgehead atoms. The van der Waals surface area contributed by atoms with Crippen LogP contribution in [-0.4, -0.2) is 28.4 Å². The van der Waals surface area contributed by atoms with E-state index in [9.17, 15) is 14.3 Å². The van der Waals surface area contributed by atoms with Crippen LogP contribution >= 0.6 is 0 Å². The SMILES string of the molecule is O=c1ccccn1CC1(O)CCN(c2ccc(F)cc2)CC1. The average molecular weight is 302 g/mol. The van der Waals surface area contributed by atoms with Crippen LogP contribution < -0.4 is 10.5 Å². The fourth-order valence-electron chi connectivity index (χ4n) is 2.90. The maximum atomic E-state index is 13.0. The fraction of sp³-hybridized carbons (Fsp3) is 0.353. The van der Waals surface area contributed by atoms with E-state index in [2.05, 4.69) is 4.90 Å². The first-order valence-electron chi connectivity index (χ1n) is 7.44. The van der Waals surface area contributed by atoms with Gasteiger partial charge in [0.15, 0.2) is 0 Å². The fourth-order valence-corrected chi connectivity index (χ4v) is 2.90. The minimum absolute atomic E-state index is 0.100. The van der Waals surface area contributed by atoms with Crippen molar-refractivity contribution in [2.24, 2.45) is 0 Å². The van der Waals surface area contributed by atoms with E-state index in [1.54, 1.807) is 35.0 Å². The Morgan fingerprint density at radius 3 is 2.41 bits per heavy atom. The molecule has 3 rings (SSSR count). The summed E-state index contributed by atoms with van der Waals surface area (Å²) in [6.45, 7) is 1.68. The van der Waals surface area contributed by atoms with Crippen LogP contribution in [0.15, 0.2) is 53.5 Å². The lowest BCUT2D eigenvalue weighted by atomic mass is 9.91. The number of benzene rings is 1. The van der Waals surface area contributed by atoms with E-state index in [1.165, 1.54) is 18.2 Å². The number of pyridine rings is 1. The van der Waals surface area contributed by atoms with Crippen molar-refractivity contribution in [3.63, 3.8) is 0 Å². The van der Waals surface area contributed by atoms with Gasteiger partial charge in [-0.05, 0) is 43.2 Å². The van der Waals surface area contributed by atoms with Crippen molar-refractivity contribution in [1.82, 2.24) is 4.57 Å². The van der Waals surface area contributed by atoms with E-state index in [1.807, 2.05) is 0 Å². The van der Waals surface area contributed by atoms with Crippen LogP contribution in [0.5, 0.6) is 0 Å². The third-order valence-corrected chi connectivity index (χ3v) is 4.25. The maximum Gasteiger partial charge on any atom is 0.250 e. The highest BCUT2D eigenvalue weighted by molar-refractivity contribution is 5.46. The van der Waals surface area contributed by atoms with Gasteiger partial charge in [0.1, 0.15) is 5.82 Å². The van der Waals surface area contributed by atoms with E-state index in [-0.39, 0.29) is 11.4 Å². The minimum atomic E-state index is -0.873. The maximum absolute atomic E-state index is 13.0. The Hall–Kier alpha value is -2.14. The van der Waals surface area contributed by atoms with Gasteiger partial charge in [-0.1, -0.05) is 6.07 Å². The molecule has 4 nitrogen and oxygen atoms in total. The van der Waals surface area contributed by atoms with Crippen LogP contribution in [0.2, 0.25) is 0 Å². The average Bonchev–Trinajstić information content (AvgIpc) is 2.51. The second-order valence-electron chi connectivity index (χ2n) is 5.85. The van der Waals surface area contributed by atoms with Gasteiger partial charge in [0.2, 0.25) is 0 Å². The number of rotatable bonds is 3. The lowest BCUT2D eigenvalue weighted by molar-refractivity contribution is -0.000895. The molecule has 1 N–H and O–H groups in total. The van der Waals surface area contributed by atoms with Crippen LogP contribution in [-0.2, 0) is 6.54 Å². The van der Waals surface area contributed by atoms with Gasteiger partial charge >= 0.3 is 0 Å². The first-order chi connectivity index (χ1) is 10.6. The number of aliphatic hydroxyl groups is 1. The summed E-state index contributed by atoms with van der Waals surface area (Å²) in [5.74, 6) is -0.249. The second-order valence-corrected chi connectivity index (χ2v) is 5.85. The van der Waals surface area contributed by atoms with Gasteiger partial charge in [-0.3, -0.25) is 4.79 Å². The zero-order valence-electron chi connectivity index (χ0n) is 12.3. The molecule has 0 unspecified atom stereocenters. The topological polar surface area (TPSA) is 45.5 Å². The molecular weight excluding hydrogens is 283 g/mol. The van der Waals surface area contributed by atoms with E-state index in [4.69, 9.17) is 0 Å². The molecule has 1 aliphatic rings. The van der Waals surface area contributed by atoms with Gasteiger partial charge in [0, 0.05) is 31.0 Å². The molecule has 2 aromatic rings. The Labute approximate surface area is 128 Å². The molecule has 5 heteroatoms.